The van der Waals surface area contributed by atoms with Crippen LogP contribution in [0.1, 0.15) is 48.0 Å². The summed E-state index contributed by atoms with van der Waals surface area (Å²) in [6.45, 7) is 11.3. The van der Waals surface area contributed by atoms with Crippen molar-refractivity contribution >= 4 is 11.9 Å². The van der Waals surface area contributed by atoms with Gasteiger partial charge < -0.3 is 10.4 Å². The maximum Gasteiger partial charge on any atom is 0.304 e. The van der Waals surface area contributed by atoms with Crippen molar-refractivity contribution in [3.05, 3.63) is 0 Å². The summed E-state index contributed by atoms with van der Waals surface area (Å²) >= 11 is 0. The van der Waals surface area contributed by atoms with E-state index in [0.717, 1.165) is 0 Å². The van der Waals surface area contributed by atoms with Crippen molar-refractivity contribution < 1.29 is 14.7 Å². The Morgan fingerprint density at radius 1 is 1.12 bits per heavy atom. The Kier molecular flexibility index (Phi) is 4.53. The van der Waals surface area contributed by atoms with Gasteiger partial charge in [-0.15, -0.1) is 0 Å². The molecule has 94 valence electrons. The third kappa shape index (κ3) is 5.73. The van der Waals surface area contributed by atoms with Crippen molar-refractivity contribution in [3.8, 4) is 0 Å². The van der Waals surface area contributed by atoms with Crippen LogP contribution in [0.25, 0.3) is 0 Å². The number of nitrogens with one attached hydrogen (secondary N) is 1. The monoisotopic (exact) mass is 229 g/mol. The predicted molar refractivity (Wildman–Crippen MR) is 63.1 cm³/mol. The molecular weight excluding hydrogens is 206 g/mol. The van der Waals surface area contributed by atoms with E-state index in [9.17, 15) is 9.59 Å². The molecule has 1 amide bonds. The Bertz CT molecular complexity index is 271. The molecule has 0 aliphatic carbocycles. The molecule has 0 unspecified atom stereocenters. The molecule has 0 aliphatic heterocycles. The second kappa shape index (κ2) is 4.85. The van der Waals surface area contributed by atoms with Crippen LogP contribution in [0.5, 0.6) is 0 Å². The van der Waals surface area contributed by atoms with E-state index in [2.05, 4.69) is 5.32 Å². The van der Waals surface area contributed by atoms with Crippen LogP contribution in [-0.2, 0) is 9.59 Å². The first kappa shape index (κ1) is 14.9. The summed E-state index contributed by atoms with van der Waals surface area (Å²) in [4.78, 5) is 22.7. The number of amides is 1. The molecule has 4 heteroatoms. The summed E-state index contributed by atoms with van der Waals surface area (Å²) in [5, 5.41) is 11.6. The van der Waals surface area contributed by atoms with Crippen LogP contribution in [0.3, 0.4) is 0 Å². The Labute approximate surface area is 97.4 Å². The molecule has 4 nitrogen and oxygen atoms in total. The molecule has 0 aromatic rings. The quantitative estimate of drug-likeness (QED) is 0.778. The lowest BCUT2D eigenvalue weighted by Crippen LogP contribution is -2.47. The molecule has 0 rings (SSSR count). The number of hydrogen-bond acceptors (Lipinski definition) is 2. The van der Waals surface area contributed by atoms with Gasteiger partial charge in [0.2, 0.25) is 5.91 Å². The number of carbonyl (C=O) groups excluding carboxylic acids is 1. The fourth-order valence-electron chi connectivity index (χ4n) is 1.42. The van der Waals surface area contributed by atoms with Gasteiger partial charge in [-0.05, 0) is 26.2 Å². The Morgan fingerprint density at radius 3 is 1.81 bits per heavy atom. The number of aliphatic carboxylic acids is 1. The molecule has 0 saturated heterocycles. The second-order valence-electron chi connectivity index (χ2n) is 6.26. The minimum Gasteiger partial charge on any atom is -0.481 e. The minimum atomic E-state index is -0.941. The molecule has 0 aromatic carbocycles. The van der Waals surface area contributed by atoms with Gasteiger partial charge in [0.15, 0.2) is 0 Å². The first-order valence-electron chi connectivity index (χ1n) is 5.47. The highest BCUT2D eigenvalue weighted by atomic mass is 16.4. The first-order valence-corrected chi connectivity index (χ1v) is 5.47. The van der Waals surface area contributed by atoms with E-state index in [0.29, 0.717) is 0 Å². The molecule has 0 aromatic heterocycles. The fraction of sp³-hybridized carbons (Fsp3) is 0.833. The van der Waals surface area contributed by atoms with Crippen LogP contribution >= 0.6 is 0 Å². The van der Waals surface area contributed by atoms with E-state index < -0.39 is 11.9 Å². The van der Waals surface area contributed by atoms with Crippen molar-refractivity contribution in [1.29, 1.82) is 0 Å². The van der Waals surface area contributed by atoms with Crippen LogP contribution in [0.4, 0.5) is 0 Å². The molecule has 0 spiro atoms. The van der Waals surface area contributed by atoms with E-state index in [4.69, 9.17) is 5.11 Å². The van der Waals surface area contributed by atoms with Crippen LogP contribution in [0, 0.1) is 11.3 Å². The van der Waals surface area contributed by atoms with E-state index in [1.165, 1.54) is 0 Å². The number of carboxylic acid groups (broad SMARTS) is 1. The van der Waals surface area contributed by atoms with Gasteiger partial charge >= 0.3 is 5.97 Å². The van der Waals surface area contributed by atoms with Gasteiger partial charge in [-0.1, -0.05) is 20.8 Å². The first-order chi connectivity index (χ1) is 6.93. The molecule has 0 bridgehead atoms. The topological polar surface area (TPSA) is 66.4 Å². The zero-order valence-corrected chi connectivity index (χ0v) is 11.0. The maximum atomic E-state index is 12.0. The lowest BCUT2D eigenvalue weighted by molar-refractivity contribution is -0.144. The standard InChI is InChI=1S/C12H23NO3/c1-11(2,3)8(7-9(14)15)10(16)13-12(4,5)6/h8H,7H2,1-6H3,(H,13,16)(H,14,15)/t8-/m1/s1. The highest BCUT2D eigenvalue weighted by molar-refractivity contribution is 5.84. The van der Waals surface area contributed by atoms with Gasteiger partial charge in [-0.25, -0.2) is 0 Å². The SMILES string of the molecule is CC(C)(C)NC(=O)[C@@H](CC(=O)O)C(C)(C)C. The summed E-state index contributed by atoms with van der Waals surface area (Å²) in [6.07, 6.45) is -0.134. The largest absolute Gasteiger partial charge is 0.481 e. The highest BCUT2D eigenvalue weighted by Gasteiger charge is 2.34. The molecule has 0 saturated carbocycles. The molecule has 1 atom stereocenters. The summed E-state index contributed by atoms with van der Waals surface area (Å²) in [6, 6.07) is 0. The van der Waals surface area contributed by atoms with Crippen LogP contribution in [-0.4, -0.2) is 22.5 Å². The van der Waals surface area contributed by atoms with Gasteiger partial charge in [0, 0.05) is 5.54 Å². The molecule has 16 heavy (non-hydrogen) atoms. The Hall–Kier alpha value is -1.06. The number of hydrogen-bond donors (Lipinski definition) is 2. The van der Waals surface area contributed by atoms with Gasteiger partial charge in [-0.3, -0.25) is 9.59 Å². The molecule has 2 N–H and O–H groups in total. The van der Waals surface area contributed by atoms with Crippen molar-refractivity contribution in [2.24, 2.45) is 11.3 Å². The molecule has 0 radical (unpaired) electrons. The average molecular weight is 229 g/mol. The lowest BCUT2D eigenvalue weighted by Gasteiger charge is -2.31. The van der Waals surface area contributed by atoms with Crippen molar-refractivity contribution in [1.82, 2.24) is 5.32 Å². The fourth-order valence-corrected chi connectivity index (χ4v) is 1.42. The van der Waals surface area contributed by atoms with Crippen molar-refractivity contribution in [2.75, 3.05) is 0 Å². The number of carbonyl (C=O) groups is 2. The zero-order valence-electron chi connectivity index (χ0n) is 11.0. The van der Waals surface area contributed by atoms with E-state index in [1.54, 1.807) is 0 Å². The minimum absolute atomic E-state index is 0.134. The average Bonchev–Trinajstić information content (AvgIpc) is 1.93. The van der Waals surface area contributed by atoms with Crippen LogP contribution < -0.4 is 5.32 Å². The third-order valence-electron chi connectivity index (χ3n) is 2.24. The molecule has 0 aliphatic rings. The van der Waals surface area contributed by atoms with Crippen LogP contribution in [0.2, 0.25) is 0 Å². The highest BCUT2D eigenvalue weighted by Crippen LogP contribution is 2.29. The Morgan fingerprint density at radius 2 is 1.56 bits per heavy atom. The van der Waals surface area contributed by atoms with Gasteiger partial charge in [0.05, 0.1) is 12.3 Å². The van der Waals surface area contributed by atoms with Gasteiger partial charge in [0.25, 0.3) is 0 Å². The lowest BCUT2D eigenvalue weighted by atomic mass is 9.78. The Balaban J connectivity index is 4.78. The van der Waals surface area contributed by atoms with Gasteiger partial charge in [0.1, 0.15) is 0 Å². The third-order valence-corrected chi connectivity index (χ3v) is 2.24. The normalized spacial score (nSPS) is 14.4. The molecule has 0 heterocycles. The van der Waals surface area contributed by atoms with E-state index in [-0.39, 0.29) is 23.3 Å². The summed E-state index contributed by atoms with van der Waals surface area (Å²) in [5.41, 5.74) is -0.688. The number of rotatable bonds is 3. The molecular formula is C12H23NO3. The van der Waals surface area contributed by atoms with E-state index in [1.807, 2.05) is 41.5 Å². The summed E-state index contributed by atoms with van der Waals surface area (Å²) in [7, 11) is 0. The summed E-state index contributed by atoms with van der Waals surface area (Å²) < 4.78 is 0. The smallest absolute Gasteiger partial charge is 0.304 e. The van der Waals surface area contributed by atoms with Gasteiger partial charge in [-0.2, -0.15) is 0 Å². The van der Waals surface area contributed by atoms with Crippen molar-refractivity contribution in [2.45, 2.75) is 53.5 Å². The zero-order chi connectivity index (χ0) is 13.1. The predicted octanol–water partition coefficient (Wildman–Crippen LogP) is 2.04. The molecule has 0 fully saturated rings. The van der Waals surface area contributed by atoms with Crippen molar-refractivity contribution in [3.63, 3.8) is 0 Å². The van der Waals surface area contributed by atoms with E-state index >= 15 is 0 Å². The number of carboxylic acids is 1. The van der Waals surface area contributed by atoms with Crippen LogP contribution in [0.15, 0.2) is 0 Å². The second-order valence-corrected chi connectivity index (χ2v) is 6.26. The summed E-state index contributed by atoms with van der Waals surface area (Å²) in [5.74, 6) is -1.64. The maximum absolute atomic E-state index is 12.0.